The molecule has 96 valence electrons. The van der Waals surface area contributed by atoms with Crippen LogP contribution in [-0.4, -0.2) is 38.9 Å². The van der Waals surface area contributed by atoms with E-state index < -0.39 is 5.54 Å². The van der Waals surface area contributed by atoms with Gasteiger partial charge in [0.15, 0.2) is 5.82 Å². The molecule has 0 radical (unpaired) electrons. The van der Waals surface area contributed by atoms with Gasteiger partial charge in [0.1, 0.15) is 0 Å². The fourth-order valence-electron chi connectivity index (χ4n) is 1.33. The standard InChI is InChI=1S/C10H17ClN4O2/c1-3-10(4-16,5-17)15-8-7(12)6(2)13-9(11)14-8/h16-17H,3-5,12H2,1-2H3,(H,13,14,15). The first-order valence-electron chi connectivity index (χ1n) is 5.27. The van der Waals surface area contributed by atoms with Crippen LogP contribution in [0.4, 0.5) is 11.5 Å². The maximum Gasteiger partial charge on any atom is 0.224 e. The Kier molecular flexibility index (Phi) is 4.50. The number of hydrogen-bond donors (Lipinski definition) is 4. The van der Waals surface area contributed by atoms with Gasteiger partial charge in [0.2, 0.25) is 5.28 Å². The van der Waals surface area contributed by atoms with Crippen molar-refractivity contribution in [3.05, 3.63) is 11.0 Å². The normalized spacial score (nSPS) is 11.6. The van der Waals surface area contributed by atoms with Crippen molar-refractivity contribution in [2.75, 3.05) is 24.3 Å². The largest absolute Gasteiger partial charge is 0.394 e. The van der Waals surface area contributed by atoms with Crippen molar-refractivity contribution in [1.82, 2.24) is 9.97 Å². The molecule has 1 heterocycles. The zero-order valence-electron chi connectivity index (χ0n) is 9.87. The van der Waals surface area contributed by atoms with Crippen molar-refractivity contribution in [2.45, 2.75) is 25.8 Å². The number of halogens is 1. The van der Waals surface area contributed by atoms with E-state index in [-0.39, 0.29) is 18.5 Å². The highest BCUT2D eigenvalue weighted by Crippen LogP contribution is 2.25. The summed E-state index contributed by atoms with van der Waals surface area (Å²) in [5.74, 6) is 0.326. The lowest BCUT2D eigenvalue weighted by Gasteiger charge is -2.30. The van der Waals surface area contributed by atoms with Gasteiger partial charge in [-0.1, -0.05) is 6.92 Å². The minimum absolute atomic E-state index is 0.0695. The van der Waals surface area contributed by atoms with E-state index in [0.29, 0.717) is 23.6 Å². The van der Waals surface area contributed by atoms with Gasteiger partial charge < -0.3 is 21.3 Å². The van der Waals surface area contributed by atoms with Crippen LogP contribution in [-0.2, 0) is 0 Å². The third kappa shape index (κ3) is 2.96. The van der Waals surface area contributed by atoms with Crippen molar-refractivity contribution < 1.29 is 10.2 Å². The molecular formula is C10H17ClN4O2. The molecule has 7 heteroatoms. The summed E-state index contributed by atoms with van der Waals surface area (Å²) in [5.41, 5.74) is 5.86. The van der Waals surface area contributed by atoms with Crippen LogP contribution in [0.5, 0.6) is 0 Å². The van der Waals surface area contributed by atoms with Crippen molar-refractivity contribution in [3.63, 3.8) is 0 Å². The van der Waals surface area contributed by atoms with Crippen LogP contribution in [0.2, 0.25) is 5.28 Å². The molecule has 0 spiro atoms. The molecule has 0 aliphatic carbocycles. The molecule has 1 aromatic rings. The van der Waals surface area contributed by atoms with E-state index >= 15 is 0 Å². The fourth-order valence-corrected chi connectivity index (χ4v) is 1.55. The molecule has 1 rings (SSSR count). The first-order chi connectivity index (χ1) is 7.98. The summed E-state index contributed by atoms with van der Waals surface area (Å²) >= 11 is 5.74. The third-order valence-electron chi connectivity index (χ3n) is 2.77. The van der Waals surface area contributed by atoms with Gasteiger partial charge in [-0.05, 0) is 24.9 Å². The van der Waals surface area contributed by atoms with E-state index in [1.807, 2.05) is 6.92 Å². The van der Waals surface area contributed by atoms with Crippen molar-refractivity contribution >= 4 is 23.1 Å². The topological polar surface area (TPSA) is 104 Å². The summed E-state index contributed by atoms with van der Waals surface area (Å²) in [7, 11) is 0. The molecule has 0 amide bonds. The second-order valence-corrected chi connectivity index (χ2v) is 4.25. The summed E-state index contributed by atoms with van der Waals surface area (Å²) in [6.45, 7) is 3.07. The number of aliphatic hydroxyl groups excluding tert-OH is 2. The van der Waals surface area contributed by atoms with E-state index in [1.54, 1.807) is 6.92 Å². The summed E-state index contributed by atoms with van der Waals surface area (Å²) in [4.78, 5) is 7.86. The SMILES string of the molecule is CCC(CO)(CO)Nc1nc(Cl)nc(C)c1N. The highest BCUT2D eigenvalue weighted by Gasteiger charge is 2.28. The molecule has 5 N–H and O–H groups in total. The molecule has 6 nitrogen and oxygen atoms in total. The van der Waals surface area contributed by atoms with Gasteiger partial charge in [0.05, 0.1) is 30.1 Å². The van der Waals surface area contributed by atoms with Crippen molar-refractivity contribution in [2.24, 2.45) is 0 Å². The first kappa shape index (κ1) is 14.0. The van der Waals surface area contributed by atoms with E-state index in [2.05, 4.69) is 15.3 Å². The van der Waals surface area contributed by atoms with Gasteiger partial charge in [-0.2, -0.15) is 4.98 Å². The summed E-state index contributed by atoms with van der Waals surface area (Å²) in [5, 5.41) is 21.7. The van der Waals surface area contributed by atoms with Crippen molar-refractivity contribution in [3.8, 4) is 0 Å². The smallest absolute Gasteiger partial charge is 0.224 e. The number of anilines is 2. The van der Waals surface area contributed by atoms with Crippen LogP contribution in [0.15, 0.2) is 0 Å². The Balaban J connectivity index is 3.09. The number of aromatic nitrogens is 2. The van der Waals surface area contributed by atoms with Gasteiger partial charge in [-0.15, -0.1) is 0 Å². The maximum atomic E-state index is 9.33. The van der Waals surface area contributed by atoms with E-state index in [4.69, 9.17) is 17.3 Å². The fraction of sp³-hybridized carbons (Fsp3) is 0.600. The molecule has 17 heavy (non-hydrogen) atoms. The van der Waals surface area contributed by atoms with Gasteiger partial charge in [-0.25, -0.2) is 4.98 Å². The second kappa shape index (κ2) is 5.48. The number of rotatable bonds is 5. The molecule has 0 aromatic carbocycles. The van der Waals surface area contributed by atoms with Crippen LogP contribution in [0, 0.1) is 6.92 Å². The number of nitrogens with one attached hydrogen (secondary N) is 1. The van der Waals surface area contributed by atoms with E-state index in [0.717, 1.165) is 0 Å². The molecule has 0 fully saturated rings. The number of nitrogens with zero attached hydrogens (tertiary/aromatic N) is 2. The third-order valence-corrected chi connectivity index (χ3v) is 2.94. The Morgan fingerprint density at radius 3 is 2.41 bits per heavy atom. The average Bonchev–Trinajstić information content (AvgIpc) is 2.32. The summed E-state index contributed by atoms with van der Waals surface area (Å²) in [6.07, 6.45) is 0.514. The minimum Gasteiger partial charge on any atom is -0.394 e. The minimum atomic E-state index is -0.863. The lowest BCUT2D eigenvalue weighted by atomic mass is 9.98. The molecule has 0 bridgehead atoms. The van der Waals surface area contributed by atoms with Crippen LogP contribution >= 0.6 is 11.6 Å². The van der Waals surface area contributed by atoms with Crippen LogP contribution in [0.1, 0.15) is 19.0 Å². The van der Waals surface area contributed by atoms with Crippen molar-refractivity contribution in [1.29, 1.82) is 0 Å². The number of aliphatic hydroxyl groups is 2. The van der Waals surface area contributed by atoms with Crippen LogP contribution < -0.4 is 11.1 Å². The molecule has 0 atom stereocenters. The highest BCUT2D eigenvalue weighted by molar-refractivity contribution is 6.28. The monoisotopic (exact) mass is 260 g/mol. The number of aryl methyl sites for hydroxylation is 1. The average molecular weight is 261 g/mol. The quantitative estimate of drug-likeness (QED) is 0.577. The molecular weight excluding hydrogens is 244 g/mol. The molecule has 0 saturated heterocycles. The van der Waals surface area contributed by atoms with Gasteiger partial charge in [-0.3, -0.25) is 0 Å². The van der Waals surface area contributed by atoms with Gasteiger partial charge >= 0.3 is 0 Å². The van der Waals surface area contributed by atoms with E-state index in [1.165, 1.54) is 0 Å². The second-order valence-electron chi connectivity index (χ2n) is 3.92. The lowest BCUT2D eigenvalue weighted by molar-refractivity contribution is 0.132. The van der Waals surface area contributed by atoms with Gasteiger partial charge in [0.25, 0.3) is 0 Å². The molecule has 0 aliphatic heterocycles. The zero-order valence-corrected chi connectivity index (χ0v) is 10.6. The Morgan fingerprint density at radius 1 is 1.35 bits per heavy atom. The van der Waals surface area contributed by atoms with Crippen LogP contribution in [0.25, 0.3) is 0 Å². The molecule has 0 unspecified atom stereocenters. The van der Waals surface area contributed by atoms with Gasteiger partial charge in [0, 0.05) is 0 Å². The molecule has 1 aromatic heterocycles. The Labute approximate surface area is 105 Å². The number of nitrogens with two attached hydrogens (primary N) is 1. The molecule has 0 aliphatic rings. The first-order valence-corrected chi connectivity index (χ1v) is 5.65. The van der Waals surface area contributed by atoms with Crippen LogP contribution in [0.3, 0.4) is 0 Å². The predicted molar refractivity (Wildman–Crippen MR) is 67.0 cm³/mol. The maximum absolute atomic E-state index is 9.33. The lowest BCUT2D eigenvalue weighted by Crippen LogP contribution is -2.45. The predicted octanol–water partition coefficient (Wildman–Crippen LogP) is 0.566. The Hall–Kier alpha value is -1.11. The summed E-state index contributed by atoms with van der Waals surface area (Å²) in [6, 6.07) is 0. The zero-order chi connectivity index (χ0) is 13.1. The Morgan fingerprint density at radius 2 is 1.94 bits per heavy atom. The summed E-state index contributed by atoms with van der Waals surface area (Å²) < 4.78 is 0. The number of hydrogen-bond acceptors (Lipinski definition) is 6. The van der Waals surface area contributed by atoms with E-state index in [9.17, 15) is 10.2 Å². The molecule has 0 saturated carbocycles. The number of nitrogen functional groups attached to an aromatic ring is 1. The highest BCUT2D eigenvalue weighted by atomic mass is 35.5. The Bertz CT molecular complexity index is 388.